The Labute approximate surface area is 184 Å². The molecule has 166 valence electrons. The maximum Gasteiger partial charge on any atom is 0.329 e. The molecule has 8 nitrogen and oxygen atoms in total. The van der Waals surface area contributed by atoms with Crippen LogP contribution in [-0.2, 0) is 6.54 Å². The van der Waals surface area contributed by atoms with E-state index in [0.717, 1.165) is 42.4 Å². The van der Waals surface area contributed by atoms with Gasteiger partial charge in [0.05, 0.1) is 17.4 Å². The number of hydrogen-bond acceptors (Lipinski definition) is 5. The number of amides is 1. The Hall–Kier alpha value is -3.55. The SMILES string of the molecule is CCC1CCCCN1C(=O)c1ccc2c(=O)n(Cc3ccc4c(c3)OCO4)c(=O)[nH]c2c1. The second kappa shape index (κ2) is 8.18. The number of carbonyl (C=O) groups is 1. The first kappa shape index (κ1) is 20.4. The lowest BCUT2D eigenvalue weighted by atomic mass is 9.98. The number of benzene rings is 2. The van der Waals surface area contributed by atoms with Crippen molar-refractivity contribution in [2.45, 2.75) is 45.2 Å². The van der Waals surface area contributed by atoms with Crippen LogP contribution in [0.4, 0.5) is 0 Å². The van der Waals surface area contributed by atoms with E-state index in [1.807, 2.05) is 4.90 Å². The van der Waals surface area contributed by atoms with E-state index in [1.54, 1.807) is 36.4 Å². The van der Waals surface area contributed by atoms with Crippen LogP contribution in [0.5, 0.6) is 11.5 Å². The molecule has 1 fully saturated rings. The van der Waals surface area contributed by atoms with Crippen LogP contribution in [0.3, 0.4) is 0 Å². The molecule has 3 aromatic rings. The van der Waals surface area contributed by atoms with E-state index in [-0.39, 0.29) is 25.3 Å². The summed E-state index contributed by atoms with van der Waals surface area (Å²) in [5.74, 6) is 1.19. The van der Waals surface area contributed by atoms with Gasteiger partial charge in [0.15, 0.2) is 11.5 Å². The predicted molar refractivity (Wildman–Crippen MR) is 119 cm³/mol. The lowest BCUT2D eigenvalue weighted by molar-refractivity contribution is 0.0608. The van der Waals surface area contributed by atoms with Crippen LogP contribution < -0.4 is 20.7 Å². The zero-order valence-electron chi connectivity index (χ0n) is 17.9. The van der Waals surface area contributed by atoms with Gasteiger partial charge >= 0.3 is 5.69 Å². The van der Waals surface area contributed by atoms with Crippen LogP contribution in [0.25, 0.3) is 10.9 Å². The van der Waals surface area contributed by atoms with Gasteiger partial charge in [-0.2, -0.15) is 0 Å². The minimum atomic E-state index is -0.519. The number of nitrogens with one attached hydrogen (secondary N) is 1. The lowest BCUT2D eigenvalue weighted by Crippen LogP contribution is -2.43. The van der Waals surface area contributed by atoms with Crippen LogP contribution in [0.15, 0.2) is 46.0 Å². The molecule has 8 heteroatoms. The van der Waals surface area contributed by atoms with Crippen LogP contribution in [0.1, 0.15) is 48.5 Å². The minimum Gasteiger partial charge on any atom is -0.454 e. The van der Waals surface area contributed by atoms with Crippen molar-refractivity contribution in [1.29, 1.82) is 0 Å². The average Bonchev–Trinajstić information content (AvgIpc) is 3.29. The molecule has 0 aliphatic carbocycles. The molecule has 1 amide bonds. The number of hydrogen-bond donors (Lipinski definition) is 1. The number of piperidine rings is 1. The number of nitrogens with zero attached hydrogens (tertiary/aromatic N) is 2. The number of ether oxygens (including phenoxy) is 2. The molecular formula is C24H25N3O5. The van der Waals surface area contributed by atoms with Crippen molar-refractivity contribution in [2.75, 3.05) is 13.3 Å². The number of fused-ring (bicyclic) bond motifs is 2. The highest BCUT2D eigenvalue weighted by Crippen LogP contribution is 2.32. The third kappa shape index (κ3) is 3.55. The van der Waals surface area contributed by atoms with Gasteiger partial charge in [-0.15, -0.1) is 0 Å². The van der Waals surface area contributed by atoms with Crippen LogP contribution in [-0.4, -0.2) is 39.7 Å². The minimum absolute atomic E-state index is 0.0520. The summed E-state index contributed by atoms with van der Waals surface area (Å²) in [6.45, 7) is 3.10. The molecule has 1 N–H and O–H groups in total. The molecule has 32 heavy (non-hydrogen) atoms. The van der Waals surface area contributed by atoms with E-state index < -0.39 is 11.2 Å². The summed E-state index contributed by atoms with van der Waals surface area (Å²) in [4.78, 5) is 43.6. The molecule has 0 spiro atoms. The highest BCUT2D eigenvalue weighted by molar-refractivity contribution is 5.97. The maximum absolute atomic E-state index is 13.1. The number of likely N-dealkylation sites (tertiary alicyclic amines) is 1. The Morgan fingerprint density at radius 3 is 2.78 bits per heavy atom. The Morgan fingerprint density at radius 2 is 1.94 bits per heavy atom. The molecule has 0 bridgehead atoms. The summed E-state index contributed by atoms with van der Waals surface area (Å²) in [6.07, 6.45) is 4.06. The van der Waals surface area contributed by atoms with Gasteiger partial charge in [0.2, 0.25) is 6.79 Å². The normalized spacial score (nSPS) is 17.7. The molecule has 0 radical (unpaired) electrons. The highest BCUT2D eigenvalue weighted by atomic mass is 16.7. The number of aromatic nitrogens is 2. The predicted octanol–water partition coefficient (Wildman–Crippen LogP) is 2.87. The van der Waals surface area contributed by atoms with Gasteiger partial charge in [-0.25, -0.2) is 4.79 Å². The molecule has 1 saturated heterocycles. The Kier molecular flexibility index (Phi) is 5.20. The first-order chi connectivity index (χ1) is 15.5. The van der Waals surface area contributed by atoms with E-state index in [9.17, 15) is 14.4 Å². The summed E-state index contributed by atoms with van der Waals surface area (Å²) < 4.78 is 11.8. The summed E-state index contributed by atoms with van der Waals surface area (Å²) in [6, 6.07) is 10.5. The second-order valence-corrected chi connectivity index (χ2v) is 8.33. The third-order valence-electron chi connectivity index (χ3n) is 6.37. The van der Waals surface area contributed by atoms with Crippen molar-refractivity contribution in [2.24, 2.45) is 0 Å². The van der Waals surface area contributed by atoms with E-state index >= 15 is 0 Å². The molecule has 5 rings (SSSR count). The molecule has 2 aliphatic heterocycles. The molecule has 3 heterocycles. The summed E-state index contributed by atoms with van der Waals surface area (Å²) in [5.41, 5.74) is 0.696. The molecule has 1 atom stereocenters. The third-order valence-corrected chi connectivity index (χ3v) is 6.37. The van der Waals surface area contributed by atoms with Gasteiger partial charge in [0.1, 0.15) is 0 Å². The van der Waals surface area contributed by atoms with Crippen molar-refractivity contribution < 1.29 is 14.3 Å². The highest BCUT2D eigenvalue weighted by Gasteiger charge is 2.26. The number of rotatable bonds is 4. The Balaban J connectivity index is 1.47. The summed E-state index contributed by atoms with van der Waals surface area (Å²) in [5, 5.41) is 0.368. The van der Waals surface area contributed by atoms with Gasteiger partial charge in [-0.3, -0.25) is 14.2 Å². The number of aromatic amines is 1. The molecule has 1 unspecified atom stereocenters. The Bertz CT molecular complexity index is 1310. The van der Waals surface area contributed by atoms with Crippen molar-refractivity contribution in [3.8, 4) is 11.5 Å². The largest absolute Gasteiger partial charge is 0.454 e. The van der Waals surface area contributed by atoms with Crippen molar-refractivity contribution >= 4 is 16.8 Å². The maximum atomic E-state index is 13.1. The fraction of sp³-hybridized carbons (Fsp3) is 0.375. The standard InChI is InChI=1S/C24H25N3O5/c1-2-17-5-3-4-10-26(17)22(28)16-7-8-18-19(12-16)25-24(30)27(23(18)29)13-15-6-9-20-21(11-15)32-14-31-20/h6-9,11-12,17H,2-5,10,13-14H2,1H3,(H,25,30). The second-order valence-electron chi connectivity index (χ2n) is 8.33. The van der Waals surface area contributed by atoms with Crippen molar-refractivity contribution in [1.82, 2.24) is 14.5 Å². The number of H-pyrrole nitrogens is 1. The van der Waals surface area contributed by atoms with Gasteiger partial charge in [-0.1, -0.05) is 13.0 Å². The van der Waals surface area contributed by atoms with Crippen LogP contribution >= 0.6 is 0 Å². The van der Waals surface area contributed by atoms with Gasteiger partial charge in [-0.05, 0) is 61.6 Å². The van der Waals surface area contributed by atoms with E-state index in [1.165, 1.54) is 0 Å². The average molecular weight is 435 g/mol. The topological polar surface area (TPSA) is 93.6 Å². The zero-order valence-corrected chi connectivity index (χ0v) is 17.9. The molecule has 1 aromatic heterocycles. The van der Waals surface area contributed by atoms with Gasteiger partial charge in [0, 0.05) is 18.2 Å². The fourth-order valence-corrected chi connectivity index (χ4v) is 4.61. The number of carbonyl (C=O) groups excluding carboxylic acids is 1. The van der Waals surface area contributed by atoms with Crippen molar-refractivity contribution in [3.05, 3.63) is 68.4 Å². The van der Waals surface area contributed by atoms with Gasteiger partial charge in [0.25, 0.3) is 11.5 Å². The first-order valence-electron chi connectivity index (χ1n) is 11.0. The van der Waals surface area contributed by atoms with E-state index in [4.69, 9.17) is 9.47 Å². The molecule has 2 aromatic carbocycles. The monoisotopic (exact) mass is 435 g/mol. The van der Waals surface area contributed by atoms with E-state index in [0.29, 0.717) is 28.0 Å². The van der Waals surface area contributed by atoms with Crippen LogP contribution in [0.2, 0.25) is 0 Å². The van der Waals surface area contributed by atoms with Gasteiger partial charge < -0.3 is 19.4 Å². The summed E-state index contributed by atoms with van der Waals surface area (Å²) >= 11 is 0. The first-order valence-corrected chi connectivity index (χ1v) is 11.0. The van der Waals surface area contributed by atoms with Crippen molar-refractivity contribution in [3.63, 3.8) is 0 Å². The van der Waals surface area contributed by atoms with Crippen LogP contribution in [0, 0.1) is 0 Å². The smallest absolute Gasteiger partial charge is 0.329 e. The van der Waals surface area contributed by atoms with E-state index in [2.05, 4.69) is 11.9 Å². The Morgan fingerprint density at radius 1 is 1.09 bits per heavy atom. The fourth-order valence-electron chi connectivity index (χ4n) is 4.61. The lowest BCUT2D eigenvalue weighted by Gasteiger charge is -2.35. The molecular weight excluding hydrogens is 410 g/mol. The molecule has 2 aliphatic rings. The zero-order chi connectivity index (χ0) is 22.2. The quantitative estimate of drug-likeness (QED) is 0.680. The summed E-state index contributed by atoms with van der Waals surface area (Å²) in [7, 11) is 0. The molecule has 0 saturated carbocycles.